The Morgan fingerprint density at radius 3 is 2.39 bits per heavy atom. The molecule has 1 saturated heterocycles. The minimum Gasteiger partial charge on any atom is -0.469 e. The fraction of sp³-hybridized carbons (Fsp3) is 0.846. The molecule has 0 N–H and O–H groups in total. The number of likely N-dealkylation sites (tertiary alicyclic amines) is 1. The molecule has 5 heteroatoms. The summed E-state index contributed by atoms with van der Waals surface area (Å²) in [6.07, 6.45) is 1.25. The van der Waals surface area contributed by atoms with Crippen LogP contribution < -0.4 is 0 Å². The van der Waals surface area contributed by atoms with E-state index < -0.39 is 5.60 Å². The Morgan fingerprint density at radius 1 is 1.39 bits per heavy atom. The number of methoxy groups -OCH3 is 1. The molecule has 0 spiro atoms. The third-order valence-corrected chi connectivity index (χ3v) is 3.00. The number of carbonyl (C=O) groups is 2. The first kappa shape index (κ1) is 14.8. The molecule has 2 atom stereocenters. The topological polar surface area (TPSA) is 55.8 Å². The van der Waals surface area contributed by atoms with E-state index in [0.29, 0.717) is 13.0 Å². The van der Waals surface area contributed by atoms with Crippen molar-refractivity contribution in [3.8, 4) is 0 Å². The maximum Gasteiger partial charge on any atom is 0.410 e. The second-order valence-electron chi connectivity index (χ2n) is 5.78. The van der Waals surface area contributed by atoms with Gasteiger partial charge in [-0.15, -0.1) is 0 Å². The molecular formula is C13H23NO4. The number of hydrogen-bond acceptors (Lipinski definition) is 4. The summed E-state index contributed by atoms with van der Waals surface area (Å²) in [6, 6.07) is 0.0916. The van der Waals surface area contributed by atoms with Gasteiger partial charge < -0.3 is 14.4 Å². The van der Waals surface area contributed by atoms with Crippen LogP contribution in [0, 0.1) is 5.92 Å². The van der Waals surface area contributed by atoms with Gasteiger partial charge in [-0.1, -0.05) is 6.92 Å². The van der Waals surface area contributed by atoms with Crippen molar-refractivity contribution in [2.75, 3.05) is 13.7 Å². The molecule has 1 aliphatic heterocycles. The Morgan fingerprint density at radius 2 is 2.00 bits per heavy atom. The molecule has 0 aliphatic carbocycles. The van der Waals surface area contributed by atoms with E-state index in [1.165, 1.54) is 7.11 Å². The number of esters is 1. The number of rotatable bonds is 3. The standard InChI is InChI=1S/C13H23NO4/c1-9(11(15)17-5)8-10-6-7-14(10)12(16)18-13(2,3)4/h9-10H,6-8H2,1-5H3. The van der Waals surface area contributed by atoms with Crippen LogP contribution in [-0.4, -0.2) is 42.3 Å². The van der Waals surface area contributed by atoms with Crippen LogP contribution >= 0.6 is 0 Å². The van der Waals surface area contributed by atoms with Crippen molar-refractivity contribution in [3.05, 3.63) is 0 Å². The Balaban J connectivity index is 2.46. The molecule has 0 aromatic heterocycles. The van der Waals surface area contributed by atoms with Crippen molar-refractivity contribution < 1.29 is 19.1 Å². The van der Waals surface area contributed by atoms with Gasteiger partial charge in [0.15, 0.2) is 0 Å². The smallest absolute Gasteiger partial charge is 0.410 e. The van der Waals surface area contributed by atoms with Crippen molar-refractivity contribution in [1.82, 2.24) is 4.90 Å². The molecule has 0 bridgehead atoms. The highest BCUT2D eigenvalue weighted by molar-refractivity contribution is 5.72. The lowest BCUT2D eigenvalue weighted by atomic mass is 9.93. The number of hydrogen-bond donors (Lipinski definition) is 0. The van der Waals surface area contributed by atoms with Crippen LogP contribution in [0.25, 0.3) is 0 Å². The summed E-state index contributed by atoms with van der Waals surface area (Å²) in [5.74, 6) is -0.420. The maximum absolute atomic E-state index is 11.9. The van der Waals surface area contributed by atoms with Crippen molar-refractivity contribution in [1.29, 1.82) is 0 Å². The summed E-state index contributed by atoms with van der Waals surface area (Å²) in [7, 11) is 1.38. The number of amides is 1. The molecule has 0 radical (unpaired) electrons. The Hall–Kier alpha value is -1.26. The van der Waals surface area contributed by atoms with Crippen LogP contribution in [0.5, 0.6) is 0 Å². The first-order valence-electron chi connectivity index (χ1n) is 6.32. The lowest BCUT2D eigenvalue weighted by Crippen LogP contribution is -2.53. The van der Waals surface area contributed by atoms with Gasteiger partial charge in [-0.25, -0.2) is 4.79 Å². The lowest BCUT2D eigenvalue weighted by Gasteiger charge is -2.42. The maximum atomic E-state index is 11.9. The van der Waals surface area contributed by atoms with Gasteiger partial charge in [-0.2, -0.15) is 0 Å². The third-order valence-electron chi connectivity index (χ3n) is 3.00. The zero-order valence-corrected chi connectivity index (χ0v) is 11.9. The summed E-state index contributed by atoms with van der Waals surface area (Å²) in [4.78, 5) is 24.9. The molecule has 18 heavy (non-hydrogen) atoms. The van der Waals surface area contributed by atoms with Crippen LogP contribution in [0.3, 0.4) is 0 Å². The lowest BCUT2D eigenvalue weighted by molar-refractivity contribution is -0.146. The second kappa shape index (κ2) is 5.59. The SMILES string of the molecule is COC(=O)C(C)CC1CCN1C(=O)OC(C)(C)C. The predicted molar refractivity (Wildman–Crippen MR) is 67.1 cm³/mol. The zero-order valence-electron chi connectivity index (χ0n) is 11.9. The van der Waals surface area contributed by atoms with E-state index in [1.807, 2.05) is 27.7 Å². The Labute approximate surface area is 108 Å². The molecule has 104 valence electrons. The van der Waals surface area contributed by atoms with Crippen LogP contribution in [0.15, 0.2) is 0 Å². The molecule has 5 nitrogen and oxygen atoms in total. The third kappa shape index (κ3) is 3.89. The molecule has 0 saturated carbocycles. The zero-order chi connectivity index (χ0) is 13.9. The van der Waals surface area contributed by atoms with Crippen molar-refractivity contribution >= 4 is 12.1 Å². The molecular weight excluding hydrogens is 234 g/mol. The van der Waals surface area contributed by atoms with Gasteiger partial charge >= 0.3 is 12.1 Å². The molecule has 1 fully saturated rings. The van der Waals surface area contributed by atoms with Crippen LogP contribution in [0.4, 0.5) is 4.79 Å². The van der Waals surface area contributed by atoms with E-state index in [-0.39, 0.29) is 24.0 Å². The molecule has 1 aliphatic rings. The number of ether oxygens (including phenoxy) is 2. The van der Waals surface area contributed by atoms with E-state index >= 15 is 0 Å². The van der Waals surface area contributed by atoms with Crippen molar-refractivity contribution in [2.24, 2.45) is 5.92 Å². The van der Waals surface area contributed by atoms with Gasteiger partial charge in [0.05, 0.1) is 13.0 Å². The van der Waals surface area contributed by atoms with Crippen LogP contribution in [-0.2, 0) is 14.3 Å². The van der Waals surface area contributed by atoms with Crippen molar-refractivity contribution in [2.45, 2.75) is 52.2 Å². The van der Waals surface area contributed by atoms with E-state index in [1.54, 1.807) is 4.90 Å². The van der Waals surface area contributed by atoms with Gasteiger partial charge in [0.1, 0.15) is 5.60 Å². The fourth-order valence-electron chi connectivity index (χ4n) is 1.95. The average molecular weight is 257 g/mol. The molecule has 1 rings (SSSR count). The van der Waals surface area contributed by atoms with Gasteiger partial charge in [0.2, 0.25) is 0 Å². The Bertz CT molecular complexity index is 321. The quantitative estimate of drug-likeness (QED) is 0.727. The summed E-state index contributed by atoms with van der Waals surface area (Å²) in [5.41, 5.74) is -0.481. The van der Waals surface area contributed by atoms with E-state index in [0.717, 1.165) is 6.42 Å². The fourth-order valence-corrected chi connectivity index (χ4v) is 1.95. The summed E-state index contributed by atoms with van der Waals surface area (Å²) < 4.78 is 10.00. The molecule has 1 heterocycles. The summed E-state index contributed by atoms with van der Waals surface area (Å²) >= 11 is 0. The Kier molecular flexibility index (Phi) is 4.59. The average Bonchev–Trinajstić information content (AvgIpc) is 2.19. The minimum atomic E-state index is -0.481. The number of carbonyl (C=O) groups excluding carboxylic acids is 2. The van der Waals surface area contributed by atoms with Gasteiger partial charge in [0.25, 0.3) is 0 Å². The summed E-state index contributed by atoms with van der Waals surface area (Å²) in [5, 5.41) is 0. The molecule has 0 aromatic carbocycles. The first-order valence-corrected chi connectivity index (χ1v) is 6.32. The van der Waals surface area contributed by atoms with E-state index in [9.17, 15) is 9.59 Å². The molecule has 1 amide bonds. The van der Waals surface area contributed by atoms with Crippen molar-refractivity contribution in [3.63, 3.8) is 0 Å². The van der Waals surface area contributed by atoms with E-state index in [2.05, 4.69) is 4.74 Å². The van der Waals surface area contributed by atoms with Crippen LogP contribution in [0.1, 0.15) is 40.5 Å². The van der Waals surface area contributed by atoms with Gasteiger partial charge in [-0.05, 0) is 33.6 Å². The van der Waals surface area contributed by atoms with Gasteiger partial charge in [-0.3, -0.25) is 4.79 Å². The van der Waals surface area contributed by atoms with E-state index in [4.69, 9.17) is 4.74 Å². The normalized spacial score (nSPS) is 20.9. The molecule has 0 aromatic rings. The second-order valence-corrected chi connectivity index (χ2v) is 5.78. The largest absolute Gasteiger partial charge is 0.469 e. The monoisotopic (exact) mass is 257 g/mol. The highest BCUT2D eigenvalue weighted by atomic mass is 16.6. The van der Waals surface area contributed by atoms with Gasteiger partial charge in [0, 0.05) is 12.6 Å². The predicted octanol–water partition coefficient (Wildman–Crippen LogP) is 2.20. The minimum absolute atomic E-state index is 0.0916. The highest BCUT2D eigenvalue weighted by Gasteiger charge is 2.36. The van der Waals surface area contributed by atoms with Crippen LogP contribution in [0.2, 0.25) is 0 Å². The summed E-state index contributed by atoms with van der Waals surface area (Å²) in [6.45, 7) is 8.05. The highest BCUT2D eigenvalue weighted by Crippen LogP contribution is 2.26. The first-order chi connectivity index (χ1) is 8.24. The number of nitrogens with zero attached hydrogens (tertiary/aromatic N) is 1. The molecule has 2 unspecified atom stereocenters.